The highest BCUT2D eigenvalue weighted by Gasteiger charge is 2.31. The van der Waals surface area contributed by atoms with E-state index in [2.05, 4.69) is 10.5 Å². The zero-order valence-electron chi connectivity index (χ0n) is 17.2. The number of alkyl halides is 3. The van der Waals surface area contributed by atoms with E-state index in [1.54, 1.807) is 18.2 Å². The normalized spacial score (nSPS) is 11.7. The number of hydrazone groups is 1. The van der Waals surface area contributed by atoms with E-state index in [1.807, 2.05) is 0 Å². The predicted octanol–water partition coefficient (Wildman–Crippen LogP) is 5.07. The van der Waals surface area contributed by atoms with Crippen LogP contribution in [0.5, 0.6) is 5.88 Å². The fraction of sp³-hybridized carbons (Fsp3) is 0.0435. The van der Waals surface area contributed by atoms with Crippen LogP contribution in [0.15, 0.2) is 82.7 Å². The van der Waals surface area contributed by atoms with Gasteiger partial charge in [-0.3, -0.25) is 20.3 Å². The molecule has 11 heteroatoms. The Bertz CT molecular complexity index is 1480. The summed E-state index contributed by atoms with van der Waals surface area (Å²) >= 11 is 0. The molecule has 0 unspecified atom stereocenters. The number of benzene rings is 3. The summed E-state index contributed by atoms with van der Waals surface area (Å²) in [6.45, 7) is 0. The van der Waals surface area contributed by atoms with Crippen LogP contribution < -0.4 is 11.0 Å². The number of pyridine rings is 1. The second kappa shape index (κ2) is 8.70. The van der Waals surface area contributed by atoms with Crippen LogP contribution in [0.3, 0.4) is 0 Å². The molecule has 0 spiro atoms. The highest BCUT2D eigenvalue weighted by Crippen LogP contribution is 2.32. The highest BCUT2D eigenvalue weighted by molar-refractivity contribution is 6.01. The number of anilines is 1. The highest BCUT2D eigenvalue weighted by atomic mass is 19.4. The van der Waals surface area contributed by atoms with Crippen LogP contribution in [-0.2, 0) is 6.18 Å². The third-order valence-electron chi connectivity index (χ3n) is 5.00. The average Bonchev–Trinajstić information content (AvgIpc) is 2.81. The van der Waals surface area contributed by atoms with Crippen molar-refractivity contribution < 1.29 is 23.2 Å². The van der Waals surface area contributed by atoms with Gasteiger partial charge in [-0.15, -0.1) is 0 Å². The molecule has 0 radical (unpaired) electrons. The van der Waals surface area contributed by atoms with Crippen LogP contribution in [0.2, 0.25) is 0 Å². The monoisotopic (exact) mass is 468 g/mol. The number of fused-ring (bicyclic) bond motifs is 1. The van der Waals surface area contributed by atoms with Crippen LogP contribution in [0.4, 0.5) is 24.5 Å². The van der Waals surface area contributed by atoms with Crippen molar-refractivity contribution >= 4 is 28.4 Å². The van der Waals surface area contributed by atoms with Crippen LogP contribution in [-0.4, -0.2) is 20.8 Å². The van der Waals surface area contributed by atoms with E-state index < -0.39 is 28.1 Å². The van der Waals surface area contributed by atoms with Crippen LogP contribution in [0.25, 0.3) is 16.5 Å². The number of nitrogens with one attached hydrogen (secondary N) is 1. The van der Waals surface area contributed by atoms with Crippen LogP contribution in [0.1, 0.15) is 11.1 Å². The Morgan fingerprint density at radius 1 is 1.00 bits per heavy atom. The van der Waals surface area contributed by atoms with Crippen molar-refractivity contribution in [2.75, 3.05) is 5.43 Å². The minimum Gasteiger partial charge on any atom is -0.494 e. The van der Waals surface area contributed by atoms with Crippen LogP contribution >= 0.6 is 0 Å². The van der Waals surface area contributed by atoms with Gasteiger partial charge in [0.15, 0.2) is 0 Å². The van der Waals surface area contributed by atoms with Crippen molar-refractivity contribution in [2.45, 2.75) is 6.18 Å². The summed E-state index contributed by atoms with van der Waals surface area (Å²) in [6.07, 6.45) is -3.42. The molecule has 0 saturated heterocycles. The van der Waals surface area contributed by atoms with Crippen molar-refractivity contribution in [1.82, 2.24) is 4.57 Å². The van der Waals surface area contributed by atoms with Crippen molar-refractivity contribution in [1.29, 1.82) is 0 Å². The molecule has 0 bridgehead atoms. The summed E-state index contributed by atoms with van der Waals surface area (Å²) < 4.78 is 40.4. The third-order valence-corrected chi connectivity index (χ3v) is 5.00. The Morgan fingerprint density at radius 2 is 1.68 bits per heavy atom. The molecule has 8 nitrogen and oxygen atoms in total. The molecule has 4 aromatic rings. The molecule has 0 saturated carbocycles. The standard InChI is InChI=1S/C23H15F3N4O4/c24-23(25,26)14-4-3-5-17(12-14)29-21(31)19-7-2-1-6-18(19)20(22(29)32)13-27-28-15-8-10-16(11-9-15)30(33)34/h1-13,28,32H/b27-13+. The largest absolute Gasteiger partial charge is 0.494 e. The fourth-order valence-electron chi connectivity index (χ4n) is 3.38. The second-order valence-electron chi connectivity index (χ2n) is 7.15. The lowest BCUT2D eigenvalue weighted by Gasteiger charge is -2.15. The maximum absolute atomic E-state index is 13.2. The fourth-order valence-corrected chi connectivity index (χ4v) is 3.38. The van der Waals surface area contributed by atoms with Gasteiger partial charge < -0.3 is 5.11 Å². The Hall–Kier alpha value is -4.67. The summed E-state index contributed by atoms with van der Waals surface area (Å²) in [6, 6.07) is 15.7. The van der Waals surface area contributed by atoms with E-state index in [1.165, 1.54) is 42.6 Å². The Morgan fingerprint density at radius 3 is 2.32 bits per heavy atom. The lowest BCUT2D eigenvalue weighted by Crippen LogP contribution is -2.20. The summed E-state index contributed by atoms with van der Waals surface area (Å²) in [5.41, 5.74) is 1.21. The van der Waals surface area contributed by atoms with E-state index in [4.69, 9.17) is 0 Å². The molecule has 0 amide bonds. The van der Waals surface area contributed by atoms with Gasteiger partial charge in [0.05, 0.1) is 33.6 Å². The lowest BCUT2D eigenvalue weighted by molar-refractivity contribution is -0.384. The maximum Gasteiger partial charge on any atom is 0.416 e. The van der Waals surface area contributed by atoms with Gasteiger partial charge in [-0.25, -0.2) is 4.57 Å². The molecule has 0 fully saturated rings. The van der Waals surface area contributed by atoms with Crippen molar-refractivity contribution in [3.63, 3.8) is 0 Å². The molecule has 0 aliphatic carbocycles. The maximum atomic E-state index is 13.2. The van der Waals surface area contributed by atoms with Gasteiger partial charge in [0.1, 0.15) is 0 Å². The van der Waals surface area contributed by atoms with E-state index >= 15 is 0 Å². The first-order valence-corrected chi connectivity index (χ1v) is 9.74. The Balaban J connectivity index is 1.81. The molecule has 1 aromatic heterocycles. The van der Waals surface area contributed by atoms with Crippen molar-refractivity contribution in [3.05, 3.63) is 104 Å². The molecule has 4 rings (SSSR count). The van der Waals surface area contributed by atoms with Gasteiger partial charge in [-0.2, -0.15) is 18.3 Å². The van der Waals surface area contributed by atoms with E-state index in [-0.39, 0.29) is 22.3 Å². The second-order valence-corrected chi connectivity index (χ2v) is 7.15. The number of rotatable bonds is 5. The summed E-state index contributed by atoms with van der Waals surface area (Å²) in [5, 5.41) is 26.2. The number of nitrogens with zero attached hydrogens (tertiary/aromatic N) is 3. The SMILES string of the molecule is O=c1c2ccccc2c(/C=N/Nc2ccc([N+](=O)[O-])cc2)c(O)n1-c1cccc(C(F)(F)F)c1. The molecular weight excluding hydrogens is 453 g/mol. The number of nitro benzene ring substituents is 1. The zero-order valence-corrected chi connectivity index (χ0v) is 17.2. The first kappa shape index (κ1) is 22.5. The number of hydrogen-bond acceptors (Lipinski definition) is 6. The Kier molecular flexibility index (Phi) is 5.76. The number of aromatic nitrogens is 1. The summed E-state index contributed by atoms with van der Waals surface area (Å²) in [7, 11) is 0. The van der Waals surface area contributed by atoms with Gasteiger partial charge in [0, 0.05) is 22.9 Å². The third kappa shape index (κ3) is 4.31. The number of nitro groups is 1. The quantitative estimate of drug-likeness (QED) is 0.241. The van der Waals surface area contributed by atoms with E-state index in [0.29, 0.717) is 11.1 Å². The minimum atomic E-state index is -4.63. The van der Waals surface area contributed by atoms with E-state index in [9.17, 15) is 33.2 Å². The molecule has 2 N–H and O–H groups in total. The molecule has 0 aliphatic rings. The molecular formula is C23H15F3N4O4. The smallest absolute Gasteiger partial charge is 0.416 e. The predicted molar refractivity (Wildman–Crippen MR) is 121 cm³/mol. The molecule has 0 aliphatic heterocycles. The van der Waals surface area contributed by atoms with Gasteiger partial charge in [0.25, 0.3) is 11.2 Å². The van der Waals surface area contributed by atoms with Crippen molar-refractivity contribution in [3.8, 4) is 11.6 Å². The zero-order chi connectivity index (χ0) is 24.5. The number of halogens is 3. The molecule has 172 valence electrons. The van der Waals surface area contributed by atoms with Crippen molar-refractivity contribution in [2.24, 2.45) is 5.10 Å². The lowest BCUT2D eigenvalue weighted by atomic mass is 10.1. The summed E-state index contributed by atoms with van der Waals surface area (Å²) in [4.78, 5) is 23.3. The van der Waals surface area contributed by atoms with Gasteiger partial charge in [0.2, 0.25) is 5.88 Å². The summed E-state index contributed by atoms with van der Waals surface area (Å²) in [5.74, 6) is -0.600. The Labute approximate surface area is 189 Å². The molecule has 0 atom stereocenters. The molecule has 1 heterocycles. The average molecular weight is 468 g/mol. The van der Waals surface area contributed by atoms with E-state index in [0.717, 1.165) is 22.8 Å². The van der Waals surface area contributed by atoms with Gasteiger partial charge in [-0.05, 0) is 36.4 Å². The number of non-ortho nitro benzene ring substituents is 1. The van der Waals surface area contributed by atoms with Crippen LogP contribution in [0, 0.1) is 10.1 Å². The number of aromatic hydroxyl groups is 1. The first-order valence-electron chi connectivity index (χ1n) is 9.74. The molecule has 3 aromatic carbocycles. The minimum absolute atomic E-state index is 0.0852. The number of hydrogen-bond donors (Lipinski definition) is 2. The van der Waals surface area contributed by atoms with Gasteiger partial charge in [-0.1, -0.05) is 24.3 Å². The molecule has 34 heavy (non-hydrogen) atoms. The first-order chi connectivity index (χ1) is 16.2. The van der Waals surface area contributed by atoms with Gasteiger partial charge >= 0.3 is 6.18 Å². The topological polar surface area (TPSA) is 110 Å².